The molecule has 0 unspecified atom stereocenters. The number of carbonyl (C=O) groups excluding carboxylic acids is 1. The number of aryl methyl sites for hydroxylation is 1. The summed E-state index contributed by atoms with van der Waals surface area (Å²) < 4.78 is 4.91. The Morgan fingerprint density at radius 3 is 2.95 bits per heavy atom. The molecular formula is C16H20N2O2S. The highest BCUT2D eigenvalue weighted by Crippen LogP contribution is 2.19. The lowest BCUT2D eigenvalue weighted by atomic mass is 10.0. The van der Waals surface area contributed by atoms with Gasteiger partial charge in [-0.15, -0.1) is 11.3 Å². The average molecular weight is 304 g/mol. The van der Waals surface area contributed by atoms with Gasteiger partial charge in [-0.2, -0.15) is 0 Å². The van der Waals surface area contributed by atoms with Gasteiger partial charge in [0.1, 0.15) is 0 Å². The van der Waals surface area contributed by atoms with E-state index in [0.29, 0.717) is 13.0 Å². The third-order valence-electron chi connectivity index (χ3n) is 3.18. The van der Waals surface area contributed by atoms with E-state index in [-0.39, 0.29) is 5.97 Å². The number of nitrogens with two attached hydrogens (primary N) is 1. The number of nitrogen functional groups attached to an aromatic ring is 1. The normalized spacial score (nSPS) is 10.5. The fourth-order valence-corrected chi connectivity index (χ4v) is 2.80. The highest BCUT2D eigenvalue weighted by atomic mass is 32.1. The smallest absolute Gasteiger partial charge is 0.305 e. The molecule has 0 aliphatic carbocycles. The van der Waals surface area contributed by atoms with Crippen LogP contribution in [0, 0.1) is 0 Å². The van der Waals surface area contributed by atoms with Gasteiger partial charge in [0.25, 0.3) is 0 Å². The highest BCUT2D eigenvalue weighted by Gasteiger charge is 2.06. The van der Waals surface area contributed by atoms with Crippen molar-refractivity contribution in [2.45, 2.75) is 32.6 Å². The zero-order valence-corrected chi connectivity index (χ0v) is 13.0. The van der Waals surface area contributed by atoms with E-state index in [2.05, 4.69) is 11.1 Å². The van der Waals surface area contributed by atoms with Crippen LogP contribution >= 0.6 is 11.3 Å². The summed E-state index contributed by atoms with van der Waals surface area (Å²) in [5.41, 5.74) is 9.13. The summed E-state index contributed by atoms with van der Waals surface area (Å²) in [6, 6.07) is 6.13. The Morgan fingerprint density at radius 1 is 1.43 bits per heavy atom. The van der Waals surface area contributed by atoms with Crippen LogP contribution in [0.3, 0.4) is 0 Å². The van der Waals surface area contributed by atoms with Crippen molar-refractivity contribution in [3.8, 4) is 0 Å². The standard InChI is InChI=1S/C16H20N2O2S/c1-2-20-16(19)5-3-4-13-7-6-12(10-14(13)17)11-15-18-8-9-21-15/h6-10H,2-5,11,17H2,1H3. The minimum absolute atomic E-state index is 0.142. The van der Waals surface area contributed by atoms with Gasteiger partial charge in [0, 0.05) is 30.1 Å². The number of esters is 1. The van der Waals surface area contributed by atoms with Crippen LogP contribution in [-0.4, -0.2) is 17.6 Å². The van der Waals surface area contributed by atoms with Crippen molar-refractivity contribution in [2.75, 3.05) is 12.3 Å². The van der Waals surface area contributed by atoms with Gasteiger partial charge in [-0.05, 0) is 37.0 Å². The topological polar surface area (TPSA) is 65.2 Å². The molecule has 21 heavy (non-hydrogen) atoms. The molecule has 2 aromatic rings. The van der Waals surface area contributed by atoms with Crippen LogP contribution in [0.1, 0.15) is 35.9 Å². The Bertz CT molecular complexity index is 582. The van der Waals surface area contributed by atoms with Gasteiger partial charge < -0.3 is 10.5 Å². The van der Waals surface area contributed by atoms with Crippen molar-refractivity contribution in [3.63, 3.8) is 0 Å². The molecule has 1 aromatic heterocycles. The number of hydrogen-bond donors (Lipinski definition) is 1. The van der Waals surface area contributed by atoms with Crippen molar-refractivity contribution >= 4 is 23.0 Å². The predicted molar refractivity (Wildman–Crippen MR) is 85.3 cm³/mol. The fraction of sp³-hybridized carbons (Fsp3) is 0.375. The molecule has 4 nitrogen and oxygen atoms in total. The second-order valence-corrected chi connectivity index (χ2v) is 5.77. The van der Waals surface area contributed by atoms with Gasteiger partial charge in [0.2, 0.25) is 0 Å². The summed E-state index contributed by atoms with van der Waals surface area (Å²) in [5, 5.41) is 3.06. The number of carbonyl (C=O) groups is 1. The number of hydrogen-bond acceptors (Lipinski definition) is 5. The van der Waals surface area contributed by atoms with Gasteiger partial charge >= 0.3 is 5.97 Å². The van der Waals surface area contributed by atoms with Gasteiger partial charge in [0.15, 0.2) is 0 Å². The SMILES string of the molecule is CCOC(=O)CCCc1ccc(Cc2nccs2)cc1N. The van der Waals surface area contributed by atoms with Gasteiger partial charge in [-0.25, -0.2) is 4.98 Å². The lowest BCUT2D eigenvalue weighted by Crippen LogP contribution is -2.04. The van der Waals surface area contributed by atoms with E-state index in [9.17, 15) is 4.79 Å². The van der Waals surface area contributed by atoms with Crippen LogP contribution in [-0.2, 0) is 22.4 Å². The number of benzene rings is 1. The molecule has 0 bridgehead atoms. The van der Waals surface area contributed by atoms with Crippen LogP contribution in [0.4, 0.5) is 5.69 Å². The van der Waals surface area contributed by atoms with Crippen molar-refractivity contribution in [2.24, 2.45) is 0 Å². The summed E-state index contributed by atoms with van der Waals surface area (Å²) in [6.45, 7) is 2.25. The molecule has 0 aliphatic rings. The van der Waals surface area contributed by atoms with E-state index in [0.717, 1.165) is 41.1 Å². The predicted octanol–water partition coefficient (Wildman–Crippen LogP) is 3.20. The molecule has 1 aromatic carbocycles. The fourth-order valence-electron chi connectivity index (χ4n) is 2.15. The molecule has 0 saturated carbocycles. The van der Waals surface area contributed by atoms with Crippen molar-refractivity contribution in [1.82, 2.24) is 4.98 Å². The summed E-state index contributed by atoms with van der Waals surface area (Å²) in [7, 11) is 0. The van der Waals surface area contributed by atoms with Crippen molar-refractivity contribution in [1.29, 1.82) is 0 Å². The molecule has 0 amide bonds. The third-order valence-corrected chi connectivity index (χ3v) is 3.96. The molecule has 0 atom stereocenters. The first-order valence-corrected chi connectivity index (χ1v) is 7.98. The number of thiazole rings is 1. The molecular weight excluding hydrogens is 284 g/mol. The van der Waals surface area contributed by atoms with E-state index in [1.165, 1.54) is 0 Å². The van der Waals surface area contributed by atoms with Crippen LogP contribution in [0.5, 0.6) is 0 Å². The maximum Gasteiger partial charge on any atom is 0.305 e. The molecule has 2 rings (SSSR count). The van der Waals surface area contributed by atoms with Crippen molar-refractivity contribution in [3.05, 3.63) is 45.9 Å². The second kappa shape index (κ2) is 7.78. The lowest BCUT2D eigenvalue weighted by Gasteiger charge is -2.08. The van der Waals surface area contributed by atoms with E-state index in [1.807, 2.05) is 30.6 Å². The first-order valence-electron chi connectivity index (χ1n) is 7.10. The minimum atomic E-state index is -0.142. The zero-order chi connectivity index (χ0) is 15.1. The molecule has 2 N–H and O–H groups in total. The van der Waals surface area contributed by atoms with Gasteiger partial charge in [-0.3, -0.25) is 4.79 Å². The van der Waals surface area contributed by atoms with Gasteiger partial charge in [-0.1, -0.05) is 12.1 Å². The monoisotopic (exact) mass is 304 g/mol. The number of rotatable bonds is 7. The first kappa shape index (κ1) is 15.5. The van der Waals surface area contributed by atoms with E-state index in [1.54, 1.807) is 11.3 Å². The Kier molecular flexibility index (Phi) is 5.75. The summed E-state index contributed by atoms with van der Waals surface area (Å²) in [5.74, 6) is -0.142. The van der Waals surface area contributed by atoms with Crippen LogP contribution in [0.25, 0.3) is 0 Å². The Labute approximate surface area is 129 Å². The molecule has 0 saturated heterocycles. The molecule has 0 fully saturated rings. The Morgan fingerprint density at radius 2 is 2.29 bits per heavy atom. The molecule has 112 valence electrons. The maximum atomic E-state index is 11.3. The number of ether oxygens (including phenoxy) is 1. The van der Waals surface area contributed by atoms with E-state index >= 15 is 0 Å². The summed E-state index contributed by atoms with van der Waals surface area (Å²) >= 11 is 1.65. The molecule has 5 heteroatoms. The van der Waals surface area contributed by atoms with Crippen LogP contribution in [0.2, 0.25) is 0 Å². The van der Waals surface area contributed by atoms with Gasteiger partial charge in [0.05, 0.1) is 11.6 Å². The Hall–Kier alpha value is -1.88. The molecule has 0 radical (unpaired) electrons. The number of aromatic nitrogens is 1. The molecule has 1 heterocycles. The van der Waals surface area contributed by atoms with E-state index in [4.69, 9.17) is 10.5 Å². The highest BCUT2D eigenvalue weighted by molar-refractivity contribution is 7.09. The minimum Gasteiger partial charge on any atom is -0.466 e. The zero-order valence-electron chi connectivity index (χ0n) is 12.2. The van der Waals surface area contributed by atoms with Crippen LogP contribution in [0.15, 0.2) is 29.8 Å². The lowest BCUT2D eigenvalue weighted by molar-refractivity contribution is -0.143. The molecule has 0 aliphatic heterocycles. The summed E-state index contributed by atoms with van der Waals surface area (Å²) in [6.07, 6.45) is 4.61. The quantitative estimate of drug-likeness (QED) is 0.630. The average Bonchev–Trinajstić information content (AvgIpc) is 2.94. The Balaban J connectivity index is 1.88. The van der Waals surface area contributed by atoms with E-state index < -0.39 is 0 Å². The largest absolute Gasteiger partial charge is 0.466 e. The number of anilines is 1. The third kappa shape index (κ3) is 4.86. The first-order chi connectivity index (χ1) is 10.2. The maximum absolute atomic E-state index is 11.3. The molecule has 0 spiro atoms. The van der Waals surface area contributed by atoms with Crippen molar-refractivity contribution < 1.29 is 9.53 Å². The van der Waals surface area contributed by atoms with Crippen LogP contribution < -0.4 is 5.73 Å². The number of nitrogens with zero attached hydrogens (tertiary/aromatic N) is 1. The second-order valence-electron chi connectivity index (χ2n) is 4.79. The summed E-state index contributed by atoms with van der Waals surface area (Å²) in [4.78, 5) is 15.6.